The summed E-state index contributed by atoms with van der Waals surface area (Å²) in [5.74, 6) is 1.73. The number of para-hydroxylation sites is 1. The minimum absolute atomic E-state index is 0.0320. The third-order valence-corrected chi connectivity index (χ3v) is 6.40. The number of piperidine rings is 1. The molecule has 1 saturated heterocycles. The van der Waals surface area contributed by atoms with Crippen molar-refractivity contribution in [2.75, 3.05) is 18.4 Å². The lowest BCUT2D eigenvalue weighted by molar-refractivity contribution is -0.129. The lowest BCUT2D eigenvalue weighted by Crippen LogP contribution is -2.46. The van der Waals surface area contributed by atoms with Crippen molar-refractivity contribution in [2.45, 2.75) is 25.3 Å². The molecule has 1 amide bonds. The van der Waals surface area contributed by atoms with Gasteiger partial charge in [-0.25, -0.2) is 9.97 Å². The second kappa shape index (κ2) is 10.4. The molecule has 36 heavy (non-hydrogen) atoms. The summed E-state index contributed by atoms with van der Waals surface area (Å²) in [6, 6.07) is 16.6. The molecule has 8 nitrogen and oxygen atoms in total. The zero-order valence-corrected chi connectivity index (χ0v) is 19.8. The number of aromatic nitrogens is 3. The number of likely N-dealkylation sites (tertiary alicyclic amines) is 1. The molecule has 2 N–H and O–H groups in total. The topological polar surface area (TPSA) is 100 Å². The van der Waals surface area contributed by atoms with E-state index in [4.69, 9.17) is 4.74 Å². The van der Waals surface area contributed by atoms with Crippen LogP contribution in [0.1, 0.15) is 35.2 Å². The lowest BCUT2D eigenvalue weighted by Gasteiger charge is -2.35. The van der Waals surface area contributed by atoms with Gasteiger partial charge in [0.25, 0.3) is 0 Å². The second-order valence-electron chi connectivity index (χ2n) is 8.68. The van der Waals surface area contributed by atoms with Crippen LogP contribution in [0, 0.1) is 0 Å². The van der Waals surface area contributed by atoms with Gasteiger partial charge in [-0.1, -0.05) is 24.8 Å². The molecular weight excluding hydrogens is 454 g/mol. The number of nitrogens with zero attached hydrogens (tertiary/aromatic N) is 3. The molecule has 1 fully saturated rings. The smallest absolute Gasteiger partial charge is 0.246 e. The number of benzene rings is 2. The van der Waals surface area contributed by atoms with Gasteiger partial charge in [-0.3, -0.25) is 9.59 Å². The summed E-state index contributed by atoms with van der Waals surface area (Å²) in [4.78, 5) is 39.3. The minimum atomic E-state index is -0.147. The molecule has 1 aliphatic heterocycles. The summed E-state index contributed by atoms with van der Waals surface area (Å²) < 4.78 is 5.83. The molecule has 0 bridgehead atoms. The number of fused-ring (bicyclic) bond motifs is 1. The van der Waals surface area contributed by atoms with Crippen LogP contribution in [0.4, 0.5) is 5.82 Å². The normalized spacial score (nSPS) is 15.4. The average molecular weight is 482 g/mol. The van der Waals surface area contributed by atoms with E-state index in [-0.39, 0.29) is 17.7 Å². The number of ether oxygens (including phenoxy) is 1. The third-order valence-electron chi connectivity index (χ3n) is 6.40. The maximum absolute atomic E-state index is 13.4. The van der Waals surface area contributed by atoms with Gasteiger partial charge in [0, 0.05) is 30.9 Å². The van der Waals surface area contributed by atoms with Gasteiger partial charge in [0.05, 0.1) is 10.9 Å². The molecule has 2 aromatic carbocycles. The molecule has 4 aromatic rings. The van der Waals surface area contributed by atoms with Gasteiger partial charge in [0.2, 0.25) is 5.91 Å². The van der Waals surface area contributed by atoms with Crippen LogP contribution in [0.2, 0.25) is 0 Å². The van der Waals surface area contributed by atoms with Gasteiger partial charge in [-0.05, 0) is 61.7 Å². The molecule has 1 atom stereocenters. The number of carbonyl (C=O) groups excluding carboxylic acids is 2. The van der Waals surface area contributed by atoms with Gasteiger partial charge >= 0.3 is 0 Å². The van der Waals surface area contributed by atoms with E-state index in [0.29, 0.717) is 46.8 Å². The van der Waals surface area contributed by atoms with E-state index in [0.717, 1.165) is 25.0 Å². The maximum Gasteiger partial charge on any atom is 0.246 e. The van der Waals surface area contributed by atoms with Gasteiger partial charge < -0.3 is 19.9 Å². The van der Waals surface area contributed by atoms with Gasteiger partial charge in [0.1, 0.15) is 29.3 Å². The summed E-state index contributed by atoms with van der Waals surface area (Å²) in [6.07, 6.45) is 7.43. The lowest BCUT2D eigenvalue weighted by atomic mass is 10.0. The van der Waals surface area contributed by atoms with E-state index >= 15 is 0 Å². The van der Waals surface area contributed by atoms with Crippen LogP contribution in [0.5, 0.6) is 11.5 Å². The van der Waals surface area contributed by atoms with E-state index in [2.05, 4.69) is 26.8 Å². The van der Waals surface area contributed by atoms with E-state index in [1.807, 2.05) is 35.2 Å². The SMILES string of the molecule is C=CC(=O)N1CCCCC1CNc1ncnc2[nH]cc(C(=O)c3ccc(Oc4ccccc4)cc3)c12. The Morgan fingerprint density at radius 1 is 1.08 bits per heavy atom. The molecule has 0 saturated carbocycles. The van der Waals surface area contributed by atoms with Crippen LogP contribution in [0.15, 0.2) is 79.8 Å². The first-order valence-electron chi connectivity index (χ1n) is 12.0. The summed E-state index contributed by atoms with van der Waals surface area (Å²) in [5.41, 5.74) is 1.58. The number of carbonyl (C=O) groups is 2. The monoisotopic (exact) mass is 481 g/mol. The van der Waals surface area contributed by atoms with Crippen LogP contribution in [-0.2, 0) is 4.79 Å². The van der Waals surface area contributed by atoms with E-state index in [9.17, 15) is 9.59 Å². The van der Waals surface area contributed by atoms with Gasteiger partial charge in [-0.15, -0.1) is 0 Å². The van der Waals surface area contributed by atoms with Crippen molar-refractivity contribution in [1.29, 1.82) is 0 Å². The number of nitrogens with one attached hydrogen (secondary N) is 2. The number of amides is 1. The van der Waals surface area contributed by atoms with Crippen molar-refractivity contribution < 1.29 is 14.3 Å². The highest BCUT2D eigenvalue weighted by molar-refractivity contribution is 6.18. The number of aromatic amines is 1. The average Bonchev–Trinajstić information content (AvgIpc) is 3.37. The highest BCUT2D eigenvalue weighted by Crippen LogP contribution is 2.28. The Balaban J connectivity index is 1.36. The second-order valence-corrected chi connectivity index (χ2v) is 8.68. The number of hydrogen-bond acceptors (Lipinski definition) is 6. The van der Waals surface area contributed by atoms with Crippen LogP contribution >= 0.6 is 0 Å². The van der Waals surface area contributed by atoms with Crippen molar-refractivity contribution in [3.63, 3.8) is 0 Å². The molecule has 5 rings (SSSR count). The summed E-state index contributed by atoms with van der Waals surface area (Å²) in [7, 11) is 0. The molecular formula is C28H27N5O3. The highest BCUT2D eigenvalue weighted by atomic mass is 16.5. The van der Waals surface area contributed by atoms with E-state index in [1.54, 1.807) is 30.5 Å². The first-order chi connectivity index (χ1) is 17.6. The molecule has 0 radical (unpaired) electrons. The Morgan fingerprint density at radius 2 is 1.86 bits per heavy atom. The third kappa shape index (κ3) is 4.84. The summed E-state index contributed by atoms with van der Waals surface area (Å²) in [6.45, 7) is 4.87. The molecule has 1 unspecified atom stereocenters. The number of rotatable bonds is 8. The molecule has 2 aromatic heterocycles. The van der Waals surface area contributed by atoms with Crippen molar-refractivity contribution in [3.05, 3.63) is 90.9 Å². The van der Waals surface area contributed by atoms with Crippen molar-refractivity contribution in [2.24, 2.45) is 0 Å². The zero-order valence-electron chi connectivity index (χ0n) is 19.8. The Morgan fingerprint density at radius 3 is 2.64 bits per heavy atom. The fraction of sp³-hybridized carbons (Fsp3) is 0.214. The fourth-order valence-electron chi connectivity index (χ4n) is 4.57. The maximum atomic E-state index is 13.4. The molecule has 182 valence electrons. The van der Waals surface area contributed by atoms with Crippen LogP contribution in [0.25, 0.3) is 11.0 Å². The summed E-state index contributed by atoms with van der Waals surface area (Å²) >= 11 is 0. The summed E-state index contributed by atoms with van der Waals surface area (Å²) in [5, 5.41) is 3.99. The zero-order chi connectivity index (χ0) is 24.9. The highest BCUT2D eigenvalue weighted by Gasteiger charge is 2.26. The van der Waals surface area contributed by atoms with Crippen molar-refractivity contribution >= 4 is 28.5 Å². The van der Waals surface area contributed by atoms with E-state index in [1.165, 1.54) is 12.4 Å². The first kappa shape index (κ1) is 23.3. The Bertz CT molecular complexity index is 1380. The predicted octanol–water partition coefficient (Wildman–Crippen LogP) is 4.96. The Hall–Kier alpha value is -4.46. The van der Waals surface area contributed by atoms with Crippen LogP contribution in [-0.4, -0.2) is 50.7 Å². The number of H-pyrrole nitrogens is 1. The molecule has 0 spiro atoms. The minimum Gasteiger partial charge on any atom is -0.457 e. The van der Waals surface area contributed by atoms with E-state index < -0.39 is 0 Å². The largest absolute Gasteiger partial charge is 0.457 e. The predicted molar refractivity (Wildman–Crippen MR) is 138 cm³/mol. The van der Waals surface area contributed by atoms with Crippen molar-refractivity contribution in [1.82, 2.24) is 19.9 Å². The van der Waals surface area contributed by atoms with Gasteiger partial charge in [0.15, 0.2) is 5.78 Å². The number of ketones is 1. The number of anilines is 1. The number of hydrogen-bond donors (Lipinski definition) is 2. The Kier molecular flexibility index (Phi) is 6.75. The van der Waals surface area contributed by atoms with Crippen LogP contribution in [0.3, 0.4) is 0 Å². The van der Waals surface area contributed by atoms with Crippen LogP contribution < -0.4 is 10.1 Å². The fourth-order valence-corrected chi connectivity index (χ4v) is 4.57. The van der Waals surface area contributed by atoms with Gasteiger partial charge in [-0.2, -0.15) is 0 Å². The quantitative estimate of drug-likeness (QED) is 0.273. The molecule has 1 aliphatic rings. The molecule has 3 heterocycles. The first-order valence-corrected chi connectivity index (χ1v) is 12.0. The molecule has 8 heteroatoms. The molecule has 0 aliphatic carbocycles. The van der Waals surface area contributed by atoms with Crippen molar-refractivity contribution in [3.8, 4) is 11.5 Å². The Labute approximate surface area is 209 Å². The standard InChI is InChI=1S/C28H27N5O3/c1-2-24(34)33-15-7-6-8-20(33)16-29-27-25-23(17-30-28(25)32-18-31-27)26(35)19-11-13-22(14-12-19)36-21-9-4-3-5-10-21/h2-5,9-14,17-18,20H,1,6-8,15-16H2,(H2,29,30,31,32).